The van der Waals surface area contributed by atoms with Gasteiger partial charge in [-0.3, -0.25) is 14.5 Å². The second-order valence-corrected chi connectivity index (χ2v) is 7.66. The molecule has 162 valence electrons. The Hall–Kier alpha value is -3.13. The zero-order valence-corrected chi connectivity index (χ0v) is 16.9. The fourth-order valence-electron chi connectivity index (χ4n) is 4.07. The average molecular weight is 429 g/mol. The Balaban J connectivity index is 1.44. The molecule has 8 heteroatoms. The fraction of sp³-hybridized carbons (Fsp3) is 0.304. The number of halogens is 3. The highest BCUT2D eigenvalue weighted by Crippen LogP contribution is 2.32. The summed E-state index contributed by atoms with van der Waals surface area (Å²) in [6, 6.07) is 12.0. The van der Waals surface area contributed by atoms with Gasteiger partial charge in [0.2, 0.25) is 0 Å². The summed E-state index contributed by atoms with van der Waals surface area (Å²) in [4.78, 5) is 32.3. The zero-order chi connectivity index (χ0) is 22.2. The van der Waals surface area contributed by atoms with E-state index in [4.69, 9.17) is 0 Å². The summed E-state index contributed by atoms with van der Waals surface area (Å²) in [7, 11) is 0. The Morgan fingerprint density at radius 1 is 0.935 bits per heavy atom. The van der Waals surface area contributed by atoms with E-state index in [1.165, 1.54) is 23.1 Å². The summed E-state index contributed by atoms with van der Waals surface area (Å²) in [5.74, 6) is -0.664. The molecule has 2 heterocycles. The number of aromatic nitrogens is 1. The van der Waals surface area contributed by atoms with Crippen LogP contribution in [-0.4, -0.2) is 58.7 Å². The third-order valence-electron chi connectivity index (χ3n) is 5.85. The molecule has 0 bridgehead atoms. The van der Waals surface area contributed by atoms with Gasteiger partial charge in [0.25, 0.3) is 5.91 Å². The van der Waals surface area contributed by atoms with Crippen LogP contribution >= 0.6 is 0 Å². The number of piperazine rings is 1. The van der Waals surface area contributed by atoms with E-state index in [-0.39, 0.29) is 24.4 Å². The van der Waals surface area contributed by atoms with Crippen molar-refractivity contribution in [1.29, 1.82) is 0 Å². The number of nitrogens with one attached hydrogen (secondary N) is 1. The number of carbonyl (C=O) groups excluding carboxylic acids is 2. The molecule has 5 nitrogen and oxygen atoms in total. The molecule has 1 saturated heterocycles. The van der Waals surface area contributed by atoms with E-state index in [0.717, 1.165) is 17.0 Å². The van der Waals surface area contributed by atoms with Crippen LogP contribution in [0.25, 0.3) is 10.9 Å². The van der Waals surface area contributed by atoms with E-state index >= 15 is 0 Å². The van der Waals surface area contributed by atoms with Crippen molar-refractivity contribution < 1.29 is 22.8 Å². The number of carbonyl (C=O) groups is 2. The van der Waals surface area contributed by atoms with Gasteiger partial charge in [0.15, 0.2) is 5.78 Å². The lowest BCUT2D eigenvalue weighted by Crippen LogP contribution is -2.53. The second-order valence-electron chi connectivity index (χ2n) is 7.66. The topological polar surface area (TPSA) is 56.4 Å². The third-order valence-corrected chi connectivity index (χ3v) is 5.85. The maximum atomic E-state index is 13.3. The van der Waals surface area contributed by atoms with Gasteiger partial charge in [0.05, 0.1) is 17.2 Å². The van der Waals surface area contributed by atoms with Crippen molar-refractivity contribution in [2.75, 3.05) is 26.2 Å². The minimum Gasteiger partial charge on any atom is -0.360 e. The largest absolute Gasteiger partial charge is 0.417 e. The lowest BCUT2D eigenvalue weighted by molar-refractivity contribution is -0.138. The molecular formula is C23H22F3N3O2. The van der Waals surface area contributed by atoms with Crippen LogP contribution in [0, 0.1) is 0 Å². The maximum absolute atomic E-state index is 13.3. The Morgan fingerprint density at radius 2 is 1.58 bits per heavy atom. The van der Waals surface area contributed by atoms with Crippen molar-refractivity contribution in [3.8, 4) is 0 Å². The van der Waals surface area contributed by atoms with E-state index in [9.17, 15) is 22.8 Å². The molecule has 1 atom stereocenters. The predicted octanol–water partition coefficient (Wildman–Crippen LogP) is 4.22. The summed E-state index contributed by atoms with van der Waals surface area (Å²) in [5.41, 5.74) is 0.231. The first-order valence-electron chi connectivity index (χ1n) is 10.1. The lowest BCUT2D eigenvalue weighted by atomic mass is 10.0. The highest BCUT2D eigenvalue weighted by Gasteiger charge is 2.37. The van der Waals surface area contributed by atoms with E-state index in [2.05, 4.69) is 4.98 Å². The van der Waals surface area contributed by atoms with Gasteiger partial charge >= 0.3 is 6.18 Å². The quantitative estimate of drug-likeness (QED) is 0.632. The van der Waals surface area contributed by atoms with Gasteiger partial charge in [-0.2, -0.15) is 13.2 Å². The normalized spacial score (nSPS) is 16.5. The number of rotatable bonds is 4. The molecule has 1 aromatic heterocycles. The zero-order valence-electron chi connectivity index (χ0n) is 16.9. The van der Waals surface area contributed by atoms with Crippen molar-refractivity contribution in [3.63, 3.8) is 0 Å². The van der Waals surface area contributed by atoms with Crippen LogP contribution in [0.2, 0.25) is 0 Å². The van der Waals surface area contributed by atoms with E-state index < -0.39 is 23.7 Å². The number of para-hydroxylation sites is 1. The first kappa shape index (κ1) is 21.1. The number of Topliss-reactive ketones (excluding diaryl/α,β-unsaturated/α-hetero) is 1. The predicted molar refractivity (Wildman–Crippen MR) is 111 cm³/mol. The Labute approximate surface area is 177 Å². The van der Waals surface area contributed by atoms with Crippen LogP contribution in [0.4, 0.5) is 13.2 Å². The monoisotopic (exact) mass is 429 g/mol. The van der Waals surface area contributed by atoms with Gasteiger partial charge in [0.1, 0.15) is 0 Å². The smallest absolute Gasteiger partial charge is 0.360 e. The Morgan fingerprint density at radius 3 is 2.29 bits per heavy atom. The van der Waals surface area contributed by atoms with Crippen LogP contribution in [-0.2, 0) is 6.18 Å². The molecule has 1 unspecified atom stereocenters. The number of nitrogens with zero attached hydrogens (tertiary/aromatic N) is 2. The van der Waals surface area contributed by atoms with Gasteiger partial charge in [-0.15, -0.1) is 0 Å². The summed E-state index contributed by atoms with van der Waals surface area (Å²) in [6.45, 7) is 3.16. The van der Waals surface area contributed by atoms with E-state index in [1.54, 1.807) is 6.20 Å². The maximum Gasteiger partial charge on any atom is 0.417 e. The molecule has 0 spiro atoms. The molecule has 0 radical (unpaired) electrons. The van der Waals surface area contributed by atoms with E-state index in [1.807, 2.05) is 36.1 Å². The number of alkyl halides is 3. The van der Waals surface area contributed by atoms with Crippen LogP contribution in [0.1, 0.15) is 33.2 Å². The van der Waals surface area contributed by atoms with E-state index in [0.29, 0.717) is 18.7 Å². The third kappa shape index (κ3) is 4.07. The summed E-state index contributed by atoms with van der Waals surface area (Å²) in [6.07, 6.45) is -2.88. The summed E-state index contributed by atoms with van der Waals surface area (Å²) >= 11 is 0. The Bertz CT molecular complexity index is 1110. The average Bonchev–Trinajstić information content (AvgIpc) is 3.21. The SMILES string of the molecule is CC(C(=O)c1c[nH]c2ccccc12)N1CCN(C(=O)c2ccccc2C(F)(F)F)CC1. The van der Waals surface area contributed by atoms with Gasteiger partial charge in [0, 0.05) is 48.8 Å². The van der Waals surface area contributed by atoms with Gasteiger partial charge < -0.3 is 9.88 Å². The number of ketones is 1. The van der Waals surface area contributed by atoms with Crippen LogP contribution in [0.3, 0.4) is 0 Å². The number of amides is 1. The van der Waals surface area contributed by atoms with Crippen LogP contribution < -0.4 is 0 Å². The molecule has 1 aliphatic rings. The standard InChI is InChI=1S/C23H22F3N3O2/c1-15(21(30)18-14-27-20-9-5-3-6-16(18)20)28-10-12-29(13-11-28)22(31)17-7-2-4-8-19(17)23(24,25)26/h2-9,14-15,27H,10-13H2,1H3. The van der Waals surface area contributed by atoms with Crippen molar-refractivity contribution >= 4 is 22.6 Å². The Kier molecular flexibility index (Phi) is 5.58. The van der Waals surface area contributed by atoms with Crippen LogP contribution in [0.15, 0.2) is 54.7 Å². The molecule has 2 aromatic carbocycles. The number of H-pyrrole nitrogens is 1. The molecule has 0 saturated carbocycles. The fourth-order valence-corrected chi connectivity index (χ4v) is 4.07. The molecule has 3 aromatic rings. The highest BCUT2D eigenvalue weighted by atomic mass is 19.4. The van der Waals surface area contributed by atoms with Crippen molar-refractivity contribution in [2.45, 2.75) is 19.1 Å². The number of hydrogen-bond acceptors (Lipinski definition) is 3. The molecule has 1 N–H and O–H groups in total. The number of aromatic amines is 1. The van der Waals surface area contributed by atoms with Crippen molar-refractivity contribution in [3.05, 3.63) is 71.4 Å². The number of benzene rings is 2. The number of hydrogen-bond donors (Lipinski definition) is 1. The summed E-state index contributed by atoms with van der Waals surface area (Å²) < 4.78 is 39.8. The summed E-state index contributed by atoms with van der Waals surface area (Å²) in [5, 5.41) is 0.858. The van der Waals surface area contributed by atoms with Gasteiger partial charge in [-0.05, 0) is 25.1 Å². The van der Waals surface area contributed by atoms with Crippen LogP contribution in [0.5, 0.6) is 0 Å². The molecule has 1 fully saturated rings. The molecule has 0 aliphatic carbocycles. The second kappa shape index (κ2) is 8.19. The molecular weight excluding hydrogens is 407 g/mol. The first-order valence-corrected chi connectivity index (χ1v) is 10.1. The first-order chi connectivity index (χ1) is 14.8. The van der Waals surface area contributed by atoms with Crippen molar-refractivity contribution in [1.82, 2.24) is 14.8 Å². The lowest BCUT2D eigenvalue weighted by Gasteiger charge is -2.37. The minimum atomic E-state index is -4.59. The van der Waals surface area contributed by atoms with Gasteiger partial charge in [-0.25, -0.2) is 0 Å². The van der Waals surface area contributed by atoms with Crippen molar-refractivity contribution in [2.24, 2.45) is 0 Å². The van der Waals surface area contributed by atoms with Gasteiger partial charge in [-0.1, -0.05) is 30.3 Å². The highest BCUT2D eigenvalue weighted by molar-refractivity contribution is 6.10. The minimum absolute atomic E-state index is 0.0281. The molecule has 1 amide bonds. The number of fused-ring (bicyclic) bond motifs is 1. The molecule has 4 rings (SSSR count). The molecule has 1 aliphatic heterocycles. The molecule has 31 heavy (non-hydrogen) atoms.